The van der Waals surface area contributed by atoms with Crippen LogP contribution in [0.3, 0.4) is 0 Å². The summed E-state index contributed by atoms with van der Waals surface area (Å²) >= 11 is 3.23. The van der Waals surface area contributed by atoms with Gasteiger partial charge in [0.05, 0.1) is 18.2 Å². The summed E-state index contributed by atoms with van der Waals surface area (Å²) in [6.07, 6.45) is 0. The van der Waals surface area contributed by atoms with Gasteiger partial charge in [-0.25, -0.2) is 4.98 Å². The first-order chi connectivity index (χ1) is 13.2. The third-order valence-electron chi connectivity index (χ3n) is 4.22. The molecule has 27 heavy (non-hydrogen) atoms. The van der Waals surface area contributed by atoms with Crippen molar-refractivity contribution in [1.82, 2.24) is 9.97 Å². The number of hydrogen-bond donors (Lipinski definition) is 1. The molecule has 4 rings (SSSR count). The summed E-state index contributed by atoms with van der Waals surface area (Å²) in [5, 5.41) is 2.68. The highest BCUT2D eigenvalue weighted by Crippen LogP contribution is 2.30. The van der Waals surface area contributed by atoms with Crippen LogP contribution in [0.4, 0.5) is 0 Å². The Labute approximate surface area is 165 Å². The number of nitrogens with zero attached hydrogens (tertiary/aromatic N) is 1. The second-order valence-corrected chi connectivity index (χ2v) is 7.90. The summed E-state index contributed by atoms with van der Waals surface area (Å²) in [5.74, 6) is 3.05. The molecule has 0 aliphatic carbocycles. The molecule has 0 fully saturated rings. The molecule has 2 aromatic carbocycles. The lowest BCUT2D eigenvalue weighted by atomic mass is 10.1. The van der Waals surface area contributed by atoms with Crippen molar-refractivity contribution in [3.05, 3.63) is 81.7 Å². The number of nitrogens with one attached hydrogen (secondary N) is 1. The van der Waals surface area contributed by atoms with Crippen LogP contribution in [-0.2, 0) is 11.5 Å². The Balaban J connectivity index is 1.53. The average Bonchev–Trinajstić information content (AvgIpc) is 3.13. The van der Waals surface area contributed by atoms with Crippen LogP contribution < -0.4 is 10.3 Å². The highest BCUT2D eigenvalue weighted by atomic mass is 32.2. The van der Waals surface area contributed by atoms with Crippen molar-refractivity contribution in [3.8, 4) is 16.9 Å². The molecule has 2 aromatic heterocycles. The molecule has 0 saturated heterocycles. The van der Waals surface area contributed by atoms with Crippen molar-refractivity contribution in [1.29, 1.82) is 0 Å². The fraction of sp³-hybridized carbons (Fsp3) is 0.143. The predicted molar refractivity (Wildman–Crippen MR) is 114 cm³/mol. The monoisotopic (exact) mass is 394 g/mol. The first-order valence-electron chi connectivity index (χ1n) is 8.51. The van der Waals surface area contributed by atoms with Crippen LogP contribution in [0.15, 0.2) is 64.8 Å². The molecule has 4 aromatic rings. The summed E-state index contributed by atoms with van der Waals surface area (Å²) in [6.45, 7) is 0. The van der Waals surface area contributed by atoms with Gasteiger partial charge in [-0.2, -0.15) is 0 Å². The van der Waals surface area contributed by atoms with E-state index in [0.717, 1.165) is 27.5 Å². The Morgan fingerprint density at radius 3 is 2.78 bits per heavy atom. The van der Waals surface area contributed by atoms with E-state index in [9.17, 15) is 4.79 Å². The van der Waals surface area contributed by atoms with E-state index in [1.54, 1.807) is 18.9 Å². The first kappa shape index (κ1) is 17.8. The van der Waals surface area contributed by atoms with E-state index in [1.165, 1.54) is 16.9 Å². The normalized spacial score (nSPS) is 11.0. The van der Waals surface area contributed by atoms with Gasteiger partial charge in [0.15, 0.2) is 0 Å². The van der Waals surface area contributed by atoms with Gasteiger partial charge < -0.3 is 9.72 Å². The molecule has 2 heterocycles. The van der Waals surface area contributed by atoms with Crippen LogP contribution in [0, 0.1) is 0 Å². The highest BCUT2D eigenvalue weighted by molar-refractivity contribution is 7.97. The van der Waals surface area contributed by atoms with Gasteiger partial charge in [-0.05, 0) is 23.3 Å². The van der Waals surface area contributed by atoms with E-state index in [2.05, 4.69) is 16.0 Å². The summed E-state index contributed by atoms with van der Waals surface area (Å²) in [5.41, 5.74) is 3.10. The molecule has 0 bridgehead atoms. The minimum absolute atomic E-state index is 0.0721. The molecule has 0 unspecified atom stereocenters. The zero-order chi connectivity index (χ0) is 18.6. The maximum Gasteiger partial charge on any atom is 0.260 e. The lowest BCUT2D eigenvalue weighted by Gasteiger charge is -2.05. The number of benzene rings is 2. The topological polar surface area (TPSA) is 55.0 Å². The standard InChI is InChI=1S/C21H18N2O2S2/c1-25-16-9-5-6-14(10-16)11-26-13-18-22-20(24)19-17(12-27-21(19)23-18)15-7-3-2-4-8-15/h2-10,12H,11,13H2,1H3,(H,22,23,24). The van der Waals surface area contributed by atoms with Gasteiger partial charge >= 0.3 is 0 Å². The minimum Gasteiger partial charge on any atom is -0.497 e. The number of aromatic amines is 1. The molecule has 6 heteroatoms. The van der Waals surface area contributed by atoms with Gasteiger partial charge in [-0.3, -0.25) is 4.79 Å². The zero-order valence-electron chi connectivity index (χ0n) is 14.8. The lowest BCUT2D eigenvalue weighted by molar-refractivity contribution is 0.414. The average molecular weight is 395 g/mol. The second-order valence-electron chi connectivity index (χ2n) is 6.05. The van der Waals surface area contributed by atoms with E-state index in [4.69, 9.17) is 4.74 Å². The van der Waals surface area contributed by atoms with Gasteiger partial charge in [0.25, 0.3) is 5.56 Å². The van der Waals surface area contributed by atoms with Crippen LogP contribution in [0.2, 0.25) is 0 Å². The maximum absolute atomic E-state index is 12.7. The summed E-state index contributed by atoms with van der Waals surface area (Å²) < 4.78 is 5.25. The lowest BCUT2D eigenvalue weighted by Crippen LogP contribution is -2.10. The van der Waals surface area contributed by atoms with Crippen molar-refractivity contribution in [2.45, 2.75) is 11.5 Å². The first-order valence-corrected chi connectivity index (χ1v) is 10.5. The van der Waals surface area contributed by atoms with Crippen molar-refractivity contribution >= 4 is 33.3 Å². The molecule has 0 atom stereocenters. The number of thioether (sulfide) groups is 1. The molecule has 0 aliphatic rings. The molecule has 0 radical (unpaired) electrons. The van der Waals surface area contributed by atoms with Crippen molar-refractivity contribution in [2.24, 2.45) is 0 Å². The number of hydrogen-bond acceptors (Lipinski definition) is 5. The number of ether oxygens (including phenoxy) is 1. The smallest absolute Gasteiger partial charge is 0.260 e. The molecule has 1 N–H and O–H groups in total. The van der Waals surface area contributed by atoms with Crippen LogP contribution in [0.1, 0.15) is 11.4 Å². The van der Waals surface area contributed by atoms with E-state index >= 15 is 0 Å². The highest BCUT2D eigenvalue weighted by Gasteiger charge is 2.12. The van der Waals surface area contributed by atoms with E-state index < -0.39 is 0 Å². The molecule has 136 valence electrons. The predicted octanol–water partition coefficient (Wildman–Crippen LogP) is 5.09. The summed E-state index contributed by atoms with van der Waals surface area (Å²) in [7, 11) is 1.67. The Morgan fingerprint density at radius 2 is 1.96 bits per heavy atom. The SMILES string of the molecule is COc1cccc(CSCc2nc3scc(-c4ccccc4)c3c(=O)[nH]2)c1. The summed E-state index contributed by atoms with van der Waals surface area (Å²) in [4.78, 5) is 21.1. The molecule has 0 spiro atoms. The van der Waals surface area contributed by atoms with Gasteiger partial charge in [0, 0.05) is 16.7 Å². The Kier molecular flexibility index (Phi) is 5.27. The van der Waals surface area contributed by atoms with Gasteiger partial charge in [-0.15, -0.1) is 23.1 Å². The molecule has 0 saturated carbocycles. The largest absolute Gasteiger partial charge is 0.497 e. The third kappa shape index (κ3) is 3.91. The molecule has 0 amide bonds. The Hall–Kier alpha value is -2.57. The fourth-order valence-corrected chi connectivity index (χ4v) is 4.73. The second kappa shape index (κ2) is 7.98. The van der Waals surface area contributed by atoms with Crippen LogP contribution in [-0.4, -0.2) is 17.1 Å². The van der Waals surface area contributed by atoms with E-state index in [1.807, 2.05) is 53.9 Å². The molecular weight excluding hydrogens is 376 g/mol. The summed E-state index contributed by atoms with van der Waals surface area (Å²) in [6, 6.07) is 18.0. The number of methoxy groups -OCH3 is 1. The quantitative estimate of drug-likeness (QED) is 0.495. The third-order valence-corrected chi connectivity index (χ3v) is 6.11. The minimum atomic E-state index is -0.0721. The van der Waals surface area contributed by atoms with Crippen molar-refractivity contribution in [3.63, 3.8) is 0 Å². The number of H-pyrrole nitrogens is 1. The number of rotatable bonds is 6. The number of thiophene rings is 1. The number of aromatic nitrogens is 2. The van der Waals surface area contributed by atoms with Crippen molar-refractivity contribution in [2.75, 3.05) is 7.11 Å². The fourth-order valence-electron chi connectivity index (χ4n) is 2.92. The Bertz CT molecular complexity index is 1120. The van der Waals surface area contributed by atoms with E-state index in [0.29, 0.717) is 17.0 Å². The molecule has 4 nitrogen and oxygen atoms in total. The molecular formula is C21H18N2O2S2. The number of fused-ring (bicyclic) bond motifs is 1. The van der Waals surface area contributed by atoms with Crippen LogP contribution >= 0.6 is 23.1 Å². The van der Waals surface area contributed by atoms with Crippen molar-refractivity contribution < 1.29 is 4.74 Å². The molecule has 0 aliphatic heterocycles. The van der Waals surface area contributed by atoms with Gasteiger partial charge in [0.2, 0.25) is 0 Å². The van der Waals surface area contributed by atoms with Crippen LogP contribution in [0.5, 0.6) is 5.75 Å². The van der Waals surface area contributed by atoms with Gasteiger partial charge in [0.1, 0.15) is 16.4 Å². The Morgan fingerprint density at radius 1 is 1.11 bits per heavy atom. The maximum atomic E-state index is 12.7. The van der Waals surface area contributed by atoms with E-state index in [-0.39, 0.29) is 5.56 Å². The van der Waals surface area contributed by atoms with Crippen LogP contribution in [0.25, 0.3) is 21.3 Å². The zero-order valence-corrected chi connectivity index (χ0v) is 16.4. The van der Waals surface area contributed by atoms with Gasteiger partial charge in [-0.1, -0.05) is 42.5 Å².